The molecule has 19 heavy (non-hydrogen) atoms. The topological polar surface area (TPSA) is 86.1 Å². The van der Waals surface area contributed by atoms with Gasteiger partial charge in [0.1, 0.15) is 24.2 Å². The van der Waals surface area contributed by atoms with Crippen LogP contribution in [0, 0.1) is 11.3 Å². The van der Waals surface area contributed by atoms with Crippen molar-refractivity contribution in [2.75, 3.05) is 12.8 Å². The predicted molar refractivity (Wildman–Crippen MR) is 69.7 cm³/mol. The van der Waals surface area contributed by atoms with E-state index in [9.17, 15) is 0 Å². The largest absolute Gasteiger partial charge is 0.497 e. The van der Waals surface area contributed by atoms with Crippen molar-refractivity contribution in [3.63, 3.8) is 0 Å². The summed E-state index contributed by atoms with van der Waals surface area (Å²) >= 11 is 0. The Morgan fingerprint density at radius 3 is 2.95 bits per heavy atom. The van der Waals surface area contributed by atoms with Crippen LogP contribution in [0.1, 0.15) is 11.1 Å². The molecular weight excluding hydrogens is 244 g/mol. The molecular formula is C13H14N4O2. The van der Waals surface area contributed by atoms with Crippen LogP contribution in [0.25, 0.3) is 0 Å². The normalized spacial score (nSPS) is 9.95. The minimum atomic E-state index is 0.241. The fourth-order valence-corrected chi connectivity index (χ4v) is 1.63. The molecule has 0 bridgehead atoms. The lowest BCUT2D eigenvalue weighted by atomic mass is 10.2. The summed E-state index contributed by atoms with van der Waals surface area (Å²) in [5, 5.41) is 13.1. The first-order valence-electron chi connectivity index (χ1n) is 5.64. The molecule has 0 aliphatic heterocycles. The maximum absolute atomic E-state index is 9.01. The molecule has 0 atom stereocenters. The van der Waals surface area contributed by atoms with Crippen molar-refractivity contribution in [2.45, 2.75) is 6.61 Å². The van der Waals surface area contributed by atoms with Crippen LogP contribution < -0.4 is 15.2 Å². The Balaban J connectivity index is 2.15. The maximum atomic E-state index is 9.01. The van der Waals surface area contributed by atoms with Crippen molar-refractivity contribution in [1.82, 2.24) is 9.78 Å². The van der Waals surface area contributed by atoms with Gasteiger partial charge in [-0.15, -0.1) is 5.10 Å². The summed E-state index contributed by atoms with van der Waals surface area (Å²) in [5.41, 5.74) is 6.89. The van der Waals surface area contributed by atoms with Gasteiger partial charge in [0.25, 0.3) is 5.88 Å². The van der Waals surface area contributed by atoms with Gasteiger partial charge >= 0.3 is 0 Å². The van der Waals surface area contributed by atoms with E-state index in [1.807, 2.05) is 30.3 Å². The van der Waals surface area contributed by atoms with Gasteiger partial charge in [-0.3, -0.25) is 0 Å². The minimum absolute atomic E-state index is 0.241. The van der Waals surface area contributed by atoms with Crippen molar-refractivity contribution in [1.29, 1.82) is 5.26 Å². The molecule has 98 valence electrons. The molecule has 2 rings (SSSR count). The van der Waals surface area contributed by atoms with Gasteiger partial charge in [-0.25, -0.2) is 4.68 Å². The number of nitriles is 1. The molecule has 6 heteroatoms. The Kier molecular flexibility index (Phi) is 3.57. The van der Waals surface area contributed by atoms with Crippen LogP contribution in [-0.2, 0) is 13.7 Å². The molecule has 1 heterocycles. The zero-order valence-electron chi connectivity index (χ0n) is 10.8. The van der Waals surface area contributed by atoms with Crippen molar-refractivity contribution >= 4 is 5.82 Å². The van der Waals surface area contributed by atoms with Crippen molar-refractivity contribution < 1.29 is 9.47 Å². The van der Waals surface area contributed by atoms with Gasteiger partial charge in [0.05, 0.1) is 7.11 Å². The molecule has 0 spiro atoms. The lowest BCUT2D eigenvalue weighted by Gasteiger charge is -2.05. The first kappa shape index (κ1) is 12.8. The van der Waals surface area contributed by atoms with E-state index >= 15 is 0 Å². The number of hydrogen-bond acceptors (Lipinski definition) is 5. The number of methoxy groups -OCH3 is 1. The molecule has 1 aromatic carbocycles. The van der Waals surface area contributed by atoms with Gasteiger partial charge in [-0.05, 0) is 17.7 Å². The van der Waals surface area contributed by atoms with E-state index < -0.39 is 0 Å². The second-order valence-electron chi connectivity index (χ2n) is 3.94. The Hall–Kier alpha value is -2.68. The van der Waals surface area contributed by atoms with Crippen LogP contribution >= 0.6 is 0 Å². The summed E-state index contributed by atoms with van der Waals surface area (Å²) in [6.45, 7) is 0.294. The van der Waals surface area contributed by atoms with E-state index in [0.29, 0.717) is 12.4 Å². The molecule has 0 aliphatic carbocycles. The summed E-state index contributed by atoms with van der Waals surface area (Å²) in [5.74, 6) is 1.29. The van der Waals surface area contributed by atoms with Crippen LogP contribution in [-0.4, -0.2) is 16.9 Å². The number of aryl methyl sites for hydroxylation is 1. The Bertz CT molecular complexity index is 628. The van der Waals surface area contributed by atoms with Crippen LogP contribution in [0.2, 0.25) is 0 Å². The van der Waals surface area contributed by atoms with Gasteiger partial charge in [0.2, 0.25) is 0 Å². The van der Waals surface area contributed by atoms with Gasteiger partial charge in [0, 0.05) is 7.05 Å². The molecule has 1 aromatic heterocycles. The van der Waals surface area contributed by atoms with E-state index in [4.69, 9.17) is 20.5 Å². The lowest BCUT2D eigenvalue weighted by Crippen LogP contribution is -1.98. The monoisotopic (exact) mass is 258 g/mol. The van der Waals surface area contributed by atoms with Gasteiger partial charge in [-0.1, -0.05) is 12.1 Å². The highest BCUT2D eigenvalue weighted by molar-refractivity contribution is 5.55. The van der Waals surface area contributed by atoms with E-state index in [2.05, 4.69) is 5.10 Å². The second kappa shape index (κ2) is 5.31. The third-order valence-electron chi connectivity index (χ3n) is 2.68. The Labute approximate surface area is 111 Å². The second-order valence-corrected chi connectivity index (χ2v) is 3.94. The average molecular weight is 258 g/mol. The lowest BCUT2D eigenvalue weighted by molar-refractivity contribution is 0.289. The zero-order valence-corrected chi connectivity index (χ0v) is 10.8. The first-order chi connectivity index (χ1) is 9.15. The summed E-state index contributed by atoms with van der Waals surface area (Å²) in [7, 11) is 3.27. The highest BCUT2D eigenvalue weighted by atomic mass is 16.5. The summed E-state index contributed by atoms with van der Waals surface area (Å²) in [4.78, 5) is 0. The molecule has 2 aromatic rings. The third kappa shape index (κ3) is 2.60. The maximum Gasteiger partial charge on any atom is 0.253 e. The summed E-state index contributed by atoms with van der Waals surface area (Å²) in [6.07, 6.45) is 0. The van der Waals surface area contributed by atoms with Crippen LogP contribution in [0.5, 0.6) is 11.6 Å². The number of aromatic nitrogens is 2. The van der Waals surface area contributed by atoms with Gasteiger partial charge in [-0.2, -0.15) is 5.26 Å². The first-order valence-corrected chi connectivity index (χ1v) is 5.64. The quantitative estimate of drug-likeness (QED) is 0.897. The van der Waals surface area contributed by atoms with Crippen molar-refractivity contribution in [3.8, 4) is 17.7 Å². The van der Waals surface area contributed by atoms with Crippen molar-refractivity contribution in [3.05, 3.63) is 35.4 Å². The highest BCUT2D eigenvalue weighted by Gasteiger charge is 2.14. The summed E-state index contributed by atoms with van der Waals surface area (Å²) in [6, 6.07) is 9.47. The predicted octanol–water partition coefficient (Wildman–Crippen LogP) is 1.46. The summed E-state index contributed by atoms with van der Waals surface area (Å²) < 4.78 is 12.1. The van der Waals surface area contributed by atoms with E-state index in [1.165, 1.54) is 4.68 Å². The molecule has 0 fully saturated rings. The molecule has 0 saturated carbocycles. The van der Waals surface area contributed by atoms with Crippen LogP contribution in [0.3, 0.4) is 0 Å². The standard InChI is InChI=1S/C13H14N4O2/c1-17-12(15)11(7-14)13(16-17)19-8-9-4-3-5-10(6-9)18-2/h3-6H,8,15H2,1-2H3. The Morgan fingerprint density at radius 1 is 1.47 bits per heavy atom. The number of nitrogens with two attached hydrogens (primary N) is 1. The van der Waals surface area contributed by atoms with Gasteiger partial charge in [0.15, 0.2) is 5.56 Å². The number of ether oxygens (including phenoxy) is 2. The molecule has 0 saturated heterocycles. The smallest absolute Gasteiger partial charge is 0.253 e. The average Bonchev–Trinajstić information content (AvgIpc) is 2.71. The fraction of sp³-hybridized carbons (Fsp3) is 0.231. The molecule has 0 aliphatic rings. The fourth-order valence-electron chi connectivity index (χ4n) is 1.63. The molecule has 6 nitrogen and oxygen atoms in total. The number of nitrogens with zero attached hydrogens (tertiary/aromatic N) is 3. The SMILES string of the molecule is COc1cccc(COc2nn(C)c(N)c2C#N)c1. The molecule has 0 radical (unpaired) electrons. The van der Waals surface area contributed by atoms with Crippen molar-refractivity contribution in [2.24, 2.45) is 7.05 Å². The third-order valence-corrected chi connectivity index (χ3v) is 2.68. The minimum Gasteiger partial charge on any atom is -0.497 e. The number of nitrogen functional groups attached to an aromatic ring is 1. The molecule has 2 N–H and O–H groups in total. The van der Waals surface area contributed by atoms with E-state index in [-0.39, 0.29) is 11.4 Å². The van der Waals surface area contributed by atoms with E-state index in [1.54, 1.807) is 14.2 Å². The number of rotatable bonds is 4. The molecule has 0 amide bonds. The van der Waals surface area contributed by atoms with Crippen LogP contribution in [0.4, 0.5) is 5.82 Å². The van der Waals surface area contributed by atoms with Crippen LogP contribution in [0.15, 0.2) is 24.3 Å². The van der Waals surface area contributed by atoms with Gasteiger partial charge < -0.3 is 15.2 Å². The number of benzene rings is 1. The van der Waals surface area contributed by atoms with E-state index in [0.717, 1.165) is 11.3 Å². The molecule has 0 unspecified atom stereocenters. The highest BCUT2D eigenvalue weighted by Crippen LogP contribution is 2.23. The Morgan fingerprint density at radius 2 is 2.26 bits per heavy atom. The number of hydrogen-bond donors (Lipinski definition) is 1. The number of anilines is 1. The zero-order chi connectivity index (χ0) is 13.8.